The summed E-state index contributed by atoms with van der Waals surface area (Å²) in [5.74, 6) is -0.279. The number of hydrogen-bond donors (Lipinski definition) is 2. The third-order valence-corrected chi connectivity index (χ3v) is 3.29. The monoisotopic (exact) mass is 289 g/mol. The minimum atomic E-state index is -0.371. The van der Waals surface area contributed by atoms with Gasteiger partial charge in [0.2, 0.25) is 5.91 Å². The Bertz CT molecular complexity index is 746. The summed E-state index contributed by atoms with van der Waals surface area (Å²) in [7, 11) is 0. The molecule has 0 saturated carbocycles. The number of aromatic nitrogens is 2. The summed E-state index contributed by atoms with van der Waals surface area (Å²) in [4.78, 5) is 35.9. The molecular formula is C15H19N3O3. The van der Waals surface area contributed by atoms with E-state index in [1.54, 1.807) is 24.3 Å². The fourth-order valence-corrected chi connectivity index (χ4v) is 2.16. The van der Waals surface area contributed by atoms with Crippen molar-refractivity contribution in [3.63, 3.8) is 0 Å². The van der Waals surface area contributed by atoms with Crippen LogP contribution in [0.4, 0.5) is 0 Å². The van der Waals surface area contributed by atoms with E-state index in [1.165, 1.54) is 0 Å². The first-order chi connectivity index (χ1) is 10.1. The van der Waals surface area contributed by atoms with Crippen LogP contribution in [0.2, 0.25) is 0 Å². The number of benzene rings is 1. The summed E-state index contributed by atoms with van der Waals surface area (Å²) in [6.07, 6.45) is 3.03. The summed E-state index contributed by atoms with van der Waals surface area (Å²) in [6, 6.07) is 6.56. The van der Waals surface area contributed by atoms with Crippen LogP contribution < -0.4 is 16.4 Å². The second kappa shape index (κ2) is 6.88. The third-order valence-electron chi connectivity index (χ3n) is 3.29. The van der Waals surface area contributed by atoms with Crippen molar-refractivity contribution < 1.29 is 4.79 Å². The van der Waals surface area contributed by atoms with Crippen LogP contribution in [0.3, 0.4) is 0 Å². The largest absolute Gasteiger partial charge is 0.354 e. The van der Waals surface area contributed by atoms with E-state index in [1.807, 2.05) is 0 Å². The molecule has 2 N–H and O–H groups in total. The quantitative estimate of drug-likeness (QED) is 0.778. The van der Waals surface area contributed by atoms with Crippen LogP contribution >= 0.6 is 0 Å². The molecule has 0 aliphatic carbocycles. The van der Waals surface area contributed by atoms with Gasteiger partial charge in [0, 0.05) is 6.54 Å². The highest BCUT2D eigenvalue weighted by molar-refractivity contribution is 5.81. The summed E-state index contributed by atoms with van der Waals surface area (Å²) in [5.41, 5.74) is -0.738. The maximum absolute atomic E-state index is 12.2. The first-order valence-corrected chi connectivity index (χ1v) is 7.12. The SMILES string of the molecule is CCCCCNC(=O)Cn1[nH]c(=O)c2ccccc2c1=O. The lowest BCUT2D eigenvalue weighted by molar-refractivity contribution is -0.121. The molecule has 0 saturated heterocycles. The molecule has 0 fully saturated rings. The smallest absolute Gasteiger partial charge is 0.273 e. The number of hydrogen-bond acceptors (Lipinski definition) is 3. The zero-order valence-electron chi connectivity index (χ0n) is 12.0. The van der Waals surface area contributed by atoms with Gasteiger partial charge in [-0.05, 0) is 18.6 Å². The second-order valence-electron chi connectivity index (χ2n) is 4.93. The minimum absolute atomic E-state index is 0.176. The molecule has 0 bridgehead atoms. The normalized spacial score (nSPS) is 10.7. The van der Waals surface area contributed by atoms with E-state index < -0.39 is 0 Å². The molecule has 0 unspecified atom stereocenters. The van der Waals surface area contributed by atoms with Crippen LogP contribution in [0.15, 0.2) is 33.9 Å². The number of fused-ring (bicyclic) bond motifs is 1. The Morgan fingerprint density at radius 2 is 1.90 bits per heavy atom. The topological polar surface area (TPSA) is 84.0 Å². The van der Waals surface area contributed by atoms with Gasteiger partial charge in [0.15, 0.2) is 0 Å². The lowest BCUT2D eigenvalue weighted by Crippen LogP contribution is -2.37. The van der Waals surface area contributed by atoms with Crippen molar-refractivity contribution in [1.29, 1.82) is 0 Å². The van der Waals surface area contributed by atoms with Crippen molar-refractivity contribution in [2.75, 3.05) is 6.54 Å². The fraction of sp³-hybridized carbons (Fsp3) is 0.400. The summed E-state index contributed by atoms with van der Waals surface area (Å²) in [6.45, 7) is 2.49. The fourth-order valence-electron chi connectivity index (χ4n) is 2.16. The zero-order chi connectivity index (χ0) is 15.2. The van der Waals surface area contributed by atoms with E-state index in [0.29, 0.717) is 17.3 Å². The molecule has 0 radical (unpaired) electrons. The number of amides is 1. The Balaban J connectivity index is 2.16. The maximum atomic E-state index is 12.2. The van der Waals surface area contributed by atoms with E-state index in [0.717, 1.165) is 23.9 Å². The molecule has 0 spiro atoms. The highest BCUT2D eigenvalue weighted by atomic mass is 16.2. The van der Waals surface area contributed by atoms with Gasteiger partial charge in [-0.15, -0.1) is 0 Å². The molecule has 21 heavy (non-hydrogen) atoms. The third kappa shape index (κ3) is 3.59. The van der Waals surface area contributed by atoms with Gasteiger partial charge in [-0.2, -0.15) is 0 Å². The number of carbonyl (C=O) groups excluding carboxylic acids is 1. The Morgan fingerprint density at radius 1 is 1.19 bits per heavy atom. The van der Waals surface area contributed by atoms with Gasteiger partial charge < -0.3 is 5.32 Å². The van der Waals surface area contributed by atoms with Crippen LogP contribution in [-0.4, -0.2) is 22.2 Å². The standard InChI is InChI=1S/C15H19N3O3/c1-2-3-6-9-16-13(19)10-18-15(21)12-8-5-4-7-11(12)14(20)17-18/h4-5,7-8H,2-3,6,9-10H2,1H3,(H,16,19)(H,17,20). The summed E-state index contributed by atoms with van der Waals surface area (Å²) in [5, 5.41) is 5.83. The predicted octanol–water partition coefficient (Wildman–Crippen LogP) is 0.996. The molecule has 2 rings (SSSR count). The molecule has 1 aromatic heterocycles. The molecule has 6 nitrogen and oxygen atoms in total. The highest BCUT2D eigenvalue weighted by Crippen LogP contribution is 2.02. The molecule has 112 valence electrons. The number of unbranched alkanes of at least 4 members (excludes halogenated alkanes) is 2. The van der Waals surface area contributed by atoms with Crippen LogP contribution in [0.5, 0.6) is 0 Å². The van der Waals surface area contributed by atoms with E-state index in [-0.39, 0.29) is 23.6 Å². The Labute approximate surface area is 121 Å². The van der Waals surface area contributed by atoms with Gasteiger partial charge in [-0.3, -0.25) is 19.5 Å². The number of nitrogens with one attached hydrogen (secondary N) is 2. The van der Waals surface area contributed by atoms with Crippen LogP contribution in [0.1, 0.15) is 26.2 Å². The Morgan fingerprint density at radius 3 is 2.62 bits per heavy atom. The van der Waals surface area contributed by atoms with Crippen molar-refractivity contribution >= 4 is 16.7 Å². The van der Waals surface area contributed by atoms with Gasteiger partial charge in [0.25, 0.3) is 11.1 Å². The summed E-state index contributed by atoms with van der Waals surface area (Å²) < 4.78 is 1.06. The second-order valence-corrected chi connectivity index (χ2v) is 4.93. The van der Waals surface area contributed by atoms with Crippen LogP contribution in [0, 0.1) is 0 Å². The van der Waals surface area contributed by atoms with Gasteiger partial charge in [-0.1, -0.05) is 31.9 Å². The molecule has 6 heteroatoms. The van der Waals surface area contributed by atoms with Crippen LogP contribution in [0.25, 0.3) is 10.8 Å². The predicted molar refractivity (Wildman–Crippen MR) is 81.4 cm³/mol. The Hall–Kier alpha value is -2.37. The van der Waals surface area contributed by atoms with E-state index in [4.69, 9.17) is 0 Å². The highest BCUT2D eigenvalue weighted by Gasteiger charge is 2.09. The maximum Gasteiger partial charge on any atom is 0.273 e. The van der Waals surface area contributed by atoms with Crippen molar-refractivity contribution in [2.45, 2.75) is 32.7 Å². The molecule has 1 amide bonds. The van der Waals surface area contributed by atoms with E-state index >= 15 is 0 Å². The zero-order valence-corrected chi connectivity index (χ0v) is 12.0. The lowest BCUT2D eigenvalue weighted by atomic mass is 10.2. The van der Waals surface area contributed by atoms with Gasteiger partial charge in [0.1, 0.15) is 6.54 Å². The van der Waals surface area contributed by atoms with E-state index in [2.05, 4.69) is 17.3 Å². The van der Waals surface area contributed by atoms with Crippen LogP contribution in [-0.2, 0) is 11.3 Å². The number of rotatable bonds is 6. The summed E-state index contributed by atoms with van der Waals surface area (Å²) >= 11 is 0. The van der Waals surface area contributed by atoms with Crippen molar-refractivity contribution in [3.8, 4) is 0 Å². The van der Waals surface area contributed by atoms with Crippen molar-refractivity contribution in [3.05, 3.63) is 45.0 Å². The molecule has 1 heterocycles. The van der Waals surface area contributed by atoms with E-state index in [9.17, 15) is 14.4 Å². The molecule has 0 atom stereocenters. The molecule has 0 aliphatic heterocycles. The lowest BCUT2D eigenvalue weighted by Gasteiger charge is -2.08. The molecule has 1 aromatic carbocycles. The Kier molecular flexibility index (Phi) is 4.92. The van der Waals surface area contributed by atoms with Gasteiger partial charge in [0.05, 0.1) is 10.8 Å². The molecular weight excluding hydrogens is 270 g/mol. The molecule has 2 aromatic rings. The number of H-pyrrole nitrogens is 1. The first-order valence-electron chi connectivity index (χ1n) is 7.12. The first kappa shape index (κ1) is 15.0. The number of carbonyl (C=O) groups is 1. The number of aromatic amines is 1. The average molecular weight is 289 g/mol. The molecule has 0 aliphatic rings. The minimum Gasteiger partial charge on any atom is -0.354 e. The average Bonchev–Trinajstić information content (AvgIpc) is 2.49. The van der Waals surface area contributed by atoms with Crippen molar-refractivity contribution in [1.82, 2.24) is 15.1 Å². The van der Waals surface area contributed by atoms with Gasteiger partial charge in [-0.25, -0.2) is 4.68 Å². The van der Waals surface area contributed by atoms with Crippen molar-refractivity contribution in [2.24, 2.45) is 0 Å². The van der Waals surface area contributed by atoms with Gasteiger partial charge >= 0.3 is 0 Å². The number of nitrogens with zero attached hydrogens (tertiary/aromatic N) is 1.